The average molecular weight is 298 g/mol. The number of aliphatic hydroxyl groups is 2. The van der Waals surface area contributed by atoms with E-state index in [1.165, 1.54) is 6.08 Å². The molecule has 21 heavy (non-hydrogen) atoms. The van der Waals surface area contributed by atoms with Gasteiger partial charge in [-0.2, -0.15) is 0 Å². The summed E-state index contributed by atoms with van der Waals surface area (Å²) in [7, 11) is 0. The maximum atomic E-state index is 12.0. The predicted molar refractivity (Wildman–Crippen MR) is 73.3 cm³/mol. The zero-order valence-electron chi connectivity index (χ0n) is 12.3. The van der Waals surface area contributed by atoms with Crippen LogP contribution >= 0.6 is 0 Å². The summed E-state index contributed by atoms with van der Waals surface area (Å²) in [5, 5.41) is 28.9. The lowest BCUT2D eigenvalue weighted by molar-refractivity contribution is -0.145. The number of esters is 1. The number of carboxylic acids is 1. The smallest absolute Gasteiger partial charge is 0.333 e. The SMILES string of the molecule is CC(C)[C@@H]1CC[C@]2(O)COC(=O)[C@@H]2[C@H]1/C=C(\CO)C(=O)O. The van der Waals surface area contributed by atoms with E-state index in [0.29, 0.717) is 12.8 Å². The third-order valence-corrected chi connectivity index (χ3v) is 4.78. The molecule has 0 radical (unpaired) electrons. The second kappa shape index (κ2) is 5.77. The maximum Gasteiger partial charge on any atom is 0.333 e. The number of ether oxygens (including phenoxy) is 1. The van der Waals surface area contributed by atoms with E-state index >= 15 is 0 Å². The average Bonchev–Trinajstić information content (AvgIpc) is 2.71. The van der Waals surface area contributed by atoms with E-state index in [1.807, 2.05) is 13.8 Å². The summed E-state index contributed by atoms with van der Waals surface area (Å²) in [5.74, 6) is -2.57. The van der Waals surface area contributed by atoms with Crippen LogP contribution < -0.4 is 0 Å². The number of aliphatic hydroxyl groups excluding tert-OH is 1. The number of fused-ring (bicyclic) bond motifs is 1. The van der Waals surface area contributed by atoms with Crippen molar-refractivity contribution in [2.75, 3.05) is 13.2 Å². The lowest BCUT2D eigenvalue weighted by Crippen LogP contribution is -2.49. The van der Waals surface area contributed by atoms with E-state index in [0.717, 1.165) is 0 Å². The monoisotopic (exact) mass is 298 g/mol. The van der Waals surface area contributed by atoms with Crippen molar-refractivity contribution in [1.29, 1.82) is 0 Å². The first-order valence-corrected chi connectivity index (χ1v) is 7.24. The van der Waals surface area contributed by atoms with Gasteiger partial charge in [0.2, 0.25) is 0 Å². The van der Waals surface area contributed by atoms with Gasteiger partial charge in [-0.15, -0.1) is 0 Å². The van der Waals surface area contributed by atoms with Crippen molar-refractivity contribution in [2.45, 2.75) is 32.3 Å². The summed E-state index contributed by atoms with van der Waals surface area (Å²) in [6.07, 6.45) is 2.60. The lowest BCUT2D eigenvalue weighted by Gasteiger charge is -2.42. The van der Waals surface area contributed by atoms with E-state index in [1.54, 1.807) is 0 Å². The third-order valence-electron chi connectivity index (χ3n) is 4.78. The molecule has 6 heteroatoms. The maximum absolute atomic E-state index is 12.0. The minimum atomic E-state index is -1.22. The number of hydrogen-bond acceptors (Lipinski definition) is 5. The fraction of sp³-hybridized carbons (Fsp3) is 0.733. The Kier molecular flexibility index (Phi) is 4.39. The molecule has 1 aliphatic carbocycles. The first-order valence-electron chi connectivity index (χ1n) is 7.24. The summed E-state index contributed by atoms with van der Waals surface area (Å²) in [5.41, 5.74) is -1.36. The van der Waals surface area contributed by atoms with Crippen LogP contribution in [0, 0.1) is 23.7 Å². The van der Waals surface area contributed by atoms with Gasteiger partial charge in [-0.3, -0.25) is 4.79 Å². The van der Waals surface area contributed by atoms with Crippen LogP contribution in [0.25, 0.3) is 0 Å². The number of cyclic esters (lactones) is 1. The second-order valence-corrected chi connectivity index (χ2v) is 6.37. The number of rotatable bonds is 4. The van der Waals surface area contributed by atoms with Crippen LogP contribution in [0.3, 0.4) is 0 Å². The normalized spacial score (nSPS) is 36.5. The topological polar surface area (TPSA) is 104 Å². The molecular formula is C15H22O6. The van der Waals surface area contributed by atoms with E-state index < -0.39 is 36.0 Å². The van der Waals surface area contributed by atoms with Crippen LogP contribution in [0.1, 0.15) is 26.7 Å². The van der Waals surface area contributed by atoms with Crippen LogP contribution in [0.2, 0.25) is 0 Å². The van der Waals surface area contributed by atoms with Gasteiger partial charge in [0.05, 0.1) is 18.1 Å². The number of aliphatic carboxylic acids is 1. The molecule has 1 heterocycles. The molecule has 2 fully saturated rings. The molecule has 0 aromatic carbocycles. The van der Waals surface area contributed by atoms with E-state index in [2.05, 4.69) is 0 Å². The molecule has 1 saturated carbocycles. The van der Waals surface area contributed by atoms with E-state index in [-0.39, 0.29) is 24.0 Å². The minimum absolute atomic E-state index is 0.0345. The number of allylic oxidation sites excluding steroid dienone is 1. The minimum Gasteiger partial charge on any atom is -0.478 e. The van der Waals surface area contributed by atoms with Gasteiger partial charge in [0.1, 0.15) is 12.2 Å². The first-order chi connectivity index (χ1) is 9.80. The molecule has 4 atom stereocenters. The highest BCUT2D eigenvalue weighted by Crippen LogP contribution is 2.48. The van der Waals surface area contributed by atoms with Crippen molar-refractivity contribution in [1.82, 2.24) is 0 Å². The molecule has 6 nitrogen and oxygen atoms in total. The molecule has 3 N–H and O–H groups in total. The molecule has 2 rings (SSSR count). The highest BCUT2D eigenvalue weighted by molar-refractivity contribution is 5.87. The largest absolute Gasteiger partial charge is 0.478 e. The first kappa shape index (κ1) is 16.0. The van der Waals surface area contributed by atoms with E-state index in [9.17, 15) is 19.8 Å². The third kappa shape index (κ3) is 2.82. The van der Waals surface area contributed by atoms with Gasteiger partial charge in [-0.25, -0.2) is 4.79 Å². The Balaban J connectivity index is 2.42. The van der Waals surface area contributed by atoms with Gasteiger partial charge in [-0.05, 0) is 30.6 Å². The van der Waals surface area contributed by atoms with Gasteiger partial charge >= 0.3 is 11.9 Å². The Labute approximate surface area is 123 Å². The van der Waals surface area contributed by atoms with Crippen molar-refractivity contribution in [3.63, 3.8) is 0 Å². The number of carbonyl (C=O) groups is 2. The summed E-state index contributed by atoms with van der Waals surface area (Å²) < 4.78 is 5.01. The van der Waals surface area contributed by atoms with Gasteiger partial charge in [0.25, 0.3) is 0 Å². The Morgan fingerprint density at radius 3 is 2.71 bits per heavy atom. The number of hydrogen-bond donors (Lipinski definition) is 3. The molecule has 0 unspecified atom stereocenters. The zero-order chi connectivity index (χ0) is 15.8. The highest BCUT2D eigenvalue weighted by Gasteiger charge is 2.57. The molecule has 1 saturated heterocycles. The van der Waals surface area contributed by atoms with Crippen molar-refractivity contribution < 1.29 is 29.6 Å². The highest BCUT2D eigenvalue weighted by atomic mass is 16.6. The molecular weight excluding hydrogens is 276 g/mol. The lowest BCUT2D eigenvalue weighted by atomic mass is 9.62. The van der Waals surface area contributed by atoms with Gasteiger partial charge in [0.15, 0.2) is 0 Å². The molecule has 2 aliphatic rings. The van der Waals surface area contributed by atoms with Crippen molar-refractivity contribution in [2.24, 2.45) is 23.7 Å². The van der Waals surface area contributed by atoms with Crippen molar-refractivity contribution >= 4 is 11.9 Å². The quantitative estimate of drug-likeness (QED) is 0.518. The van der Waals surface area contributed by atoms with Crippen molar-refractivity contribution in [3.05, 3.63) is 11.6 Å². The summed E-state index contributed by atoms with van der Waals surface area (Å²) >= 11 is 0. The van der Waals surface area contributed by atoms with Crippen LogP contribution in [-0.2, 0) is 14.3 Å². The number of carboxylic acid groups (broad SMARTS) is 1. The fourth-order valence-corrected chi connectivity index (χ4v) is 3.62. The molecule has 118 valence electrons. The summed E-state index contributed by atoms with van der Waals surface area (Å²) in [4.78, 5) is 23.1. The Bertz CT molecular complexity index is 469. The standard InChI is InChI=1S/C15H22O6/c1-8(2)10-3-4-15(20)7-21-14(19)12(15)11(10)5-9(6-16)13(17)18/h5,8,10-12,16,20H,3-4,6-7H2,1-2H3,(H,17,18)/b9-5+/t10-,11-,12-,15-/m0/s1. The van der Waals surface area contributed by atoms with Gasteiger partial charge < -0.3 is 20.1 Å². The fourth-order valence-electron chi connectivity index (χ4n) is 3.62. The Hall–Kier alpha value is -1.40. The molecule has 0 bridgehead atoms. The molecule has 0 spiro atoms. The predicted octanol–water partition coefficient (Wildman–Crippen LogP) is 0.576. The number of carbonyl (C=O) groups excluding carboxylic acids is 1. The van der Waals surface area contributed by atoms with Crippen LogP contribution in [-0.4, -0.2) is 46.1 Å². The summed E-state index contributed by atoms with van der Waals surface area (Å²) in [6.45, 7) is 3.38. The van der Waals surface area contributed by atoms with Gasteiger partial charge in [-0.1, -0.05) is 19.9 Å². The summed E-state index contributed by atoms with van der Waals surface area (Å²) in [6, 6.07) is 0. The molecule has 1 aliphatic heterocycles. The zero-order valence-corrected chi connectivity index (χ0v) is 12.3. The van der Waals surface area contributed by atoms with Crippen LogP contribution in [0.15, 0.2) is 11.6 Å². The Morgan fingerprint density at radius 2 is 2.19 bits per heavy atom. The van der Waals surface area contributed by atoms with Crippen molar-refractivity contribution in [3.8, 4) is 0 Å². The molecule has 0 aromatic heterocycles. The van der Waals surface area contributed by atoms with Gasteiger partial charge in [0, 0.05) is 0 Å². The van der Waals surface area contributed by atoms with Crippen LogP contribution in [0.4, 0.5) is 0 Å². The van der Waals surface area contributed by atoms with E-state index in [4.69, 9.17) is 9.84 Å². The Morgan fingerprint density at radius 1 is 1.52 bits per heavy atom. The molecule has 0 amide bonds. The second-order valence-electron chi connectivity index (χ2n) is 6.37. The van der Waals surface area contributed by atoms with Crippen LogP contribution in [0.5, 0.6) is 0 Å². The molecule has 0 aromatic rings.